The van der Waals surface area contributed by atoms with Gasteiger partial charge in [-0.05, 0) is 31.4 Å². The molecule has 10 heteroatoms. The van der Waals surface area contributed by atoms with Crippen molar-refractivity contribution in [3.8, 4) is 22.8 Å². The van der Waals surface area contributed by atoms with Crippen LogP contribution in [0.25, 0.3) is 16.9 Å². The van der Waals surface area contributed by atoms with E-state index in [9.17, 15) is 9.18 Å². The van der Waals surface area contributed by atoms with Crippen LogP contribution in [-0.4, -0.2) is 76.0 Å². The lowest BCUT2D eigenvalue weighted by Crippen LogP contribution is -2.49. The number of carbonyl (C=O) groups excluding carboxylic acids is 1. The Kier molecular flexibility index (Phi) is 8.40. The molecule has 1 fully saturated rings. The molecule has 3 aromatic heterocycles. The van der Waals surface area contributed by atoms with Gasteiger partial charge in [0.15, 0.2) is 5.82 Å². The number of aromatic nitrogens is 4. The first kappa shape index (κ1) is 27.1. The number of pyridine rings is 2. The van der Waals surface area contributed by atoms with Gasteiger partial charge in [0, 0.05) is 49.9 Å². The first-order valence-corrected chi connectivity index (χ1v) is 13.9. The molecule has 0 aromatic carbocycles. The molecular weight excluding hydrogens is 499 g/mol. The first-order valence-electron chi connectivity index (χ1n) is 13.9. The maximum Gasteiger partial charge on any atom is 0.320 e. The Morgan fingerprint density at radius 2 is 2.00 bits per heavy atom. The molecule has 0 aliphatic carbocycles. The second-order valence-electron chi connectivity index (χ2n) is 10.2. The van der Waals surface area contributed by atoms with Crippen molar-refractivity contribution < 1.29 is 18.7 Å². The smallest absolute Gasteiger partial charge is 0.320 e. The molecule has 1 atom stereocenters. The van der Waals surface area contributed by atoms with Gasteiger partial charge in [-0.3, -0.25) is 4.98 Å². The third kappa shape index (κ3) is 5.61. The van der Waals surface area contributed by atoms with Crippen LogP contribution in [0, 0.1) is 5.82 Å². The number of ether oxygens (including phenoxy) is 2. The lowest BCUT2D eigenvalue weighted by molar-refractivity contribution is 0.113. The number of rotatable bonds is 9. The van der Waals surface area contributed by atoms with Crippen LogP contribution < -0.4 is 4.74 Å². The Morgan fingerprint density at radius 1 is 1.15 bits per heavy atom. The molecular formula is C29H37FN6O3. The van der Waals surface area contributed by atoms with E-state index < -0.39 is 5.82 Å². The number of halogens is 1. The molecule has 0 N–H and O–H groups in total. The lowest BCUT2D eigenvalue weighted by Gasteiger charge is -2.38. The van der Waals surface area contributed by atoms with E-state index in [1.165, 1.54) is 13.2 Å². The van der Waals surface area contributed by atoms with E-state index in [-0.39, 0.29) is 18.0 Å². The third-order valence-corrected chi connectivity index (χ3v) is 7.62. The molecule has 0 spiro atoms. The van der Waals surface area contributed by atoms with Gasteiger partial charge >= 0.3 is 6.03 Å². The number of urea groups is 1. The highest BCUT2D eigenvalue weighted by Crippen LogP contribution is 2.34. The minimum absolute atomic E-state index is 0.0497. The van der Waals surface area contributed by atoms with Crippen molar-refractivity contribution in [3.05, 3.63) is 53.4 Å². The zero-order chi connectivity index (χ0) is 27.4. The van der Waals surface area contributed by atoms with Gasteiger partial charge in [-0.1, -0.05) is 26.2 Å². The molecule has 0 saturated carbocycles. The molecule has 39 heavy (non-hydrogen) atoms. The molecule has 9 nitrogen and oxygen atoms in total. The van der Waals surface area contributed by atoms with Crippen molar-refractivity contribution in [3.63, 3.8) is 0 Å². The van der Waals surface area contributed by atoms with E-state index in [0.29, 0.717) is 31.7 Å². The van der Waals surface area contributed by atoms with Crippen LogP contribution in [0.1, 0.15) is 62.0 Å². The van der Waals surface area contributed by atoms with Crippen LogP contribution in [0.15, 0.2) is 30.6 Å². The average Bonchev–Trinajstić information content (AvgIpc) is 3.13. The molecule has 2 amide bonds. The summed E-state index contributed by atoms with van der Waals surface area (Å²) in [6, 6.07) is 5.39. The molecule has 0 radical (unpaired) electrons. The Morgan fingerprint density at radius 3 is 2.79 bits per heavy atom. The lowest BCUT2D eigenvalue weighted by atomic mass is 9.98. The SMILES string of the molecule is CCCCCC(c1cc(-c2nn(-c3cnc(OC)c(F)c3)c3c2CCOCC3)ccn1)N1CCCN(C)C1=O. The van der Waals surface area contributed by atoms with Crippen molar-refractivity contribution >= 4 is 6.03 Å². The number of nitrogens with zero attached hydrogens (tertiary/aromatic N) is 6. The Labute approximate surface area is 228 Å². The van der Waals surface area contributed by atoms with Gasteiger partial charge in [-0.2, -0.15) is 5.10 Å². The summed E-state index contributed by atoms with van der Waals surface area (Å²) in [6.07, 6.45) is 9.79. The highest BCUT2D eigenvalue weighted by atomic mass is 19.1. The summed E-state index contributed by atoms with van der Waals surface area (Å²) >= 11 is 0. The fourth-order valence-corrected chi connectivity index (χ4v) is 5.58. The average molecular weight is 537 g/mol. The molecule has 1 saturated heterocycles. The number of methoxy groups -OCH3 is 1. The molecule has 3 aromatic rings. The summed E-state index contributed by atoms with van der Waals surface area (Å²) in [6.45, 7) is 4.84. The van der Waals surface area contributed by atoms with Gasteiger partial charge in [-0.25, -0.2) is 18.9 Å². The van der Waals surface area contributed by atoms with Gasteiger partial charge in [0.2, 0.25) is 5.88 Å². The minimum Gasteiger partial charge on any atom is -0.479 e. The number of fused-ring (bicyclic) bond motifs is 1. The van der Waals surface area contributed by atoms with E-state index in [1.54, 1.807) is 15.8 Å². The fraction of sp³-hybridized carbons (Fsp3) is 0.517. The molecule has 0 bridgehead atoms. The van der Waals surface area contributed by atoms with Crippen LogP contribution in [0.3, 0.4) is 0 Å². The van der Waals surface area contributed by atoms with Gasteiger partial charge in [-0.15, -0.1) is 0 Å². The van der Waals surface area contributed by atoms with Crippen LogP contribution >= 0.6 is 0 Å². The second kappa shape index (κ2) is 12.1. The molecule has 208 valence electrons. The fourth-order valence-electron chi connectivity index (χ4n) is 5.58. The predicted molar refractivity (Wildman–Crippen MR) is 146 cm³/mol. The quantitative estimate of drug-likeness (QED) is 0.359. The van der Waals surface area contributed by atoms with Crippen molar-refractivity contribution in [2.45, 2.75) is 57.9 Å². The van der Waals surface area contributed by atoms with Gasteiger partial charge in [0.05, 0.1) is 55.3 Å². The van der Waals surface area contributed by atoms with Crippen LogP contribution in [0.4, 0.5) is 9.18 Å². The van der Waals surface area contributed by atoms with Crippen LogP contribution in [0.2, 0.25) is 0 Å². The first-order chi connectivity index (χ1) is 19.0. The third-order valence-electron chi connectivity index (χ3n) is 7.62. The summed E-state index contributed by atoms with van der Waals surface area (Å²) in [4.78, 5) is 25.8. The Bertz CT molecular complexity index is 1310. The summed E-state index contributed by atoms with van der Waals surface area (Å²) in [7, 11) is 3.26. The zero-order valence-electron chi connectivity index (χ0n) is 23.0. The van der Waals surface area contributed by atoms with Crippen LogP contribution in [-0.2, 0) is 17.6 Å². The molecule has 1 unspecified atom stereocenters. The summed E-state index contributed by atoms with van der Waals surface area (Å²) in [5.41, 5.74) is 5.22. The van der Waals surface area contributed by atoms with Crippen molar-refractivity contribution in [2.24, 2.45) is 0 Å². The molecule has 2 aliphatic heterocycles. The van der Waals surface area contributed by atoms with Gasteiger partial charge < -0.3 is 19.3 Å². The van der Waals surface area contributed by atoms with E-state index in [0.717, 1.165) is 73.4 Å². The monoisotopic (exact) mass is 536 g/mol. The number of unbranched alkanes of at least 4 members (excludes halogenated alkanes) is 2. The summed E-state index contributed by atoms with van der Waals surface area (Å²) in [5.74, 6) is -0.589. The second-order valence-corrected chi connectivity index (χ2v) is 10.2. The van der Waals surface area contributed by atoms with E-state index in [4.69, 9.17) is 19.6 Å². The van der Waals surface area contributed by atoms with Crippen molar-refractivity contribution in [2.75, 3.05) is 40.5 Å². The standard InChI is InChI=1S/C29H37FN6O3/c1-4-5-6-8-26(35-14-7-13-34(2)29(35)37)24-17-20(9-12-31-24)27-22-10-15-39-16-11-25(22)36(33-27)21-18-23(30)28(38-3)32-19-21/h9,12,17-19,26H,4-8,10-11,13-16H2,1-3H3. The van der Waals surface area contributed by atoms with Gasteiger partial charge in [0.1, 0.15) is 0 Å². The summed E-state index contributed by atoms with van der Waals surface area (Å²) in [5, 5.41) is 4.98. The maximum atomic E-state index is 14.6. The summed E-state index contributed by atoms with van der Waals surface area (Å²) < 4.78 is 27.1. The highest BCUT2D eigenvalue weighted by Gasteiger charge is 2.31. The highest BCUT2D eigenvalue weighted by molar-refractivity contribution is 5.75. The minimum atomic E-state index is -0.539. The number of carbonyl (C=O) groups is 1. The molecule has 5 rings (SSSR count). The van der Waals surface area contributed by atoms with E-state index in [1.807, 2.05) is 24.2 Å². The normalized spacial score (nSPS) is 16.7. The number of hydrogen-bond donors (Lipinski definition) is 0. The number of hydrogen-bond acceptors (Lipinski definition) is 6. The van der Waals surface area contributed by atoms with Crippen LogP contribution in [0.5, 0.6) is 5.88 Å². The van der Waals surface area contributed by atoms with E-state index >= 15 is 0 Å². The van der Waals surface area contributed by atoms with E-state index in [2.05, 4.69) is 18.0 Å². The van der Waals surface area contributed by atoms with Crippen molar-refractivity contribution in [1.29, 1.82) is 0 Å². The number of amides is 2. The topological polar surface area (TPSA) is 85.6 Å². The van der Waals surface area contributed by atoms with Crippen molar-refractivity contribution in [1.82, 2.24) is 29.5 Å². The largest absolute Gasteiger partial charge is 0.479 e. The Balaban J connectivity index is 1.56. The Hall–Kier alpha value is -3.53. The molecule has 5 heterocycles. The predicted octanol–water partition coefficient (Wildman–Crippen LogP) is 4.97. The molecule has 2 aliphatic rings. The van der Waals surface area contributed by atoms with Gasteiger partial charge in [0.25, 0.3) is 0 Å². The maximum absolute atomic E-state index is 14.6. The zero-order valence-corrected chi connectivity index (χ0v) is 23.0.